The van der Waals surface area contributed by atoms with Gasteiger partial charge in [-0.1, -0.05) is 6.07 Å². The molecule has 3 rings (SSSR count). The smallest absolute Gasteiger partial charge is 0.335 e. The molecule has 2 aromatic carbocycles. The summed E-state index contributed by atoms with van der Waals surface area (Å²) in [5.74, 6) is -0.115. The van der Waals surface area contributed by atoms with Crippen molar-refractivity contribution in [2.75, 3.05) is 48.1 Å². The highest BCUT2D eigenvalue weighted by Crippen LogP contribution is 2.32. The molecule has 0 spiro atoms. The van der Waals surface area contributed by atoms with E-state index in [1.54, 1.807) is 28.4 Å². The summed E-state index contributed by atoms with van der Waals surface area (Å²) in [5, 5.41) is 43.2. The van der Waals surface area contributed by atoms with Crippen LogP contribution in [0.2, 0.25) is 0 Å². The number of hydrogen-bond donors (Lipinski definition) is 6. The van der Waals surface area contributed by atoms with E-state index < -0.39 is 24.1 Å². The van der Waals surface area contributed by atoms with Gasteiger partial charge in [0, 0.05) is 11.6 Å². The van der Waals surface area contributed by atoms with Crippen LogP contribution in [0.5, 0.6) is 28.9 Å². The predicted molar refractivity (Wildman–Crippen MR) is 151 cm³/mol. The van der Waals surface area contributed by atoms with E-state index in [9.17, 15) is 9.59 Å². The van der Waals surface area contributed by atoms with E-state index in [4.69, 9.17) is 44.1 Å². The molecule has 0 aliphatic rings. The van der Waals surface area contributed by atoms with Crippen LogP contribution in [-0.4, -0.2) is 103 Å². The number of methoxy groups -OCH3 is 4. The maximum atomic E-state index is 9.77. The van der Waals surface area contributed by atoms with E-state index in [2.05, 4.69) is 21.6 Å². The first-order chi connectivity index (χ1) is 20.1. The van der Waals surface area contributed by atoms with Gasteiger partial charge in [0.2, 0.25) is 5.88 Å². The van der Waals surface area contributed by atoms with Gasteiger partial charge in [-0.3, -0.25) is 5.10 Å². The number of nitrogens with zero attached hydrogens (tertiary/aromatic N) is 1. The molecular weight excluding hydrogens is 554 g/mol. The SMILES string of the molecule is COc1ccc(CCNCCCOc2cc(-c3ccc(OC)c(OC)c3)[nH]n2)cc1OC.O=C(O)C(O)C(O)C(=O)O. The highest BCUT2D eigenvalue weighted by molar-refractivity contribution is 5.83. The first-order valence-corrected chi connectivity index (χ1v) is 12.8. The number of nitrogens with one attached hydrogen (secondary N) is 2. The van der Waals surface area contributed by atoms with Gasteiger partial charge in [0.1, 0.15) is 0 Å². The molecule has 0 bridgehead atoms. The normalized spacial score (nSPS) is 11.9. The first-order valence-electron chi connectivity index (χ1n) is 12.8. The molecule has 2 unspecified atom stereocenters. The summed E-state index contributed by atoms with van der Waals surface area (Å²) >= 11 is 0. The summed E-state index contributed by atoms with van der Waals surface area (Å²) in [4.78, 5) is 19.5. The van der Waals surface area contributed by atoms with Crippen LogP contribution in [0.25, 0.3) is 11.3 Å². The van der Waals surface area contributed by atoms with Gasteiger partial charge in [0.05, 0.1) is 40.7 Å². The van der Waals surface area contributed by atoms with Gasteiger partial charge < -0.3 is 49.4 Å². The van der Waals surface area contributed by atoms with Gasteiger partial charge in [-0.2, -0.15) is 0 Å². The van der Waals surface area contributed by atoms with Gasteiger partial charge in [0.25, 0.3) is 0 Å². The number of aliphatic hydroxyl groups excluding tert-OH is 2. The Morgan fingerprint density at radius 2 is 1.38 bits per heavy atom. The topological polar surface area (TPSA) is 202 Å². The lowest BCUT2D eigenvalue weighted by atomic mass is 10.1. The number of H-pyrrole nitrogens is 1. The Hall–Kier alpha value is -4.53. The van der Waals surface area contributed by atoms with Gasteiger partial charge in [-0.05, 0) is 61.8 Å². The molecule has 0 saturated heterocycles. The molecule has 1 aromatic heterocycles. The Balaban J connectivity index is 0.000000528. The van der Waals surface area contributed by atoms with Crippen molar-refractivity contribution in [3.05, 3.63) is 48.0 Å². The quantitative estimate of drug-likeness (QED) is 0.131. The lowest BCUT2D eigenvalue weighted by Gasteiger charge is -2.10. The Kier molecular flexibility index (Phi) is 13.9. The van der Waals surface area contributed by atoms with Gasteiger partial charge >= 0.3 is 11.9 Å². The Morgan fingerprint density at radius 3 is 1.95 bits per heavy atom. The standard InChI is InChI=1S/C24H31N3O5.C4H6O6/c1-28-20-8-6-17(14-22(20)30-3)10-12-25-11-5-13-32-24-16-19(26-27-24)18-7-9-21(29-2)23(15-18)31-4;5-1(3(7)8)2(6)4(9)10/h6-9,14-16,25H,5,10-13H2,1-4H3,(H,26,27);1-2,5-6H,(H,7,8)(H,9,10). The zero-order valence-electron chi connectivity index (χ0n) is 23.8. The molecule has 14 nitrogen and oxygen atoms in total. The van der Waals surface area contributed by atoms with Crippen LogP contribution in [0.4, 0.5) is 0 Å². The van der Waals surface area contributed by atoms with Crippen LogP contribution in [-0.2, 0) is 16.0 Å². The summed E-state index contributed by atoms with van der Waals surface area (Å²) in [5.41, 5.74) is 3.00. The van der Waals surface area contributed by atoms with Crippen molar-refractivity contribution in [3.8, 4) is 40.1 Å². The molecule has 0 amide bonds. The summed E-state index contributed by atoms with van der Waals surface area (Å²) in [6.45, 7) is 2.32. The number of hydrogen-bond acceptors (Lipinski definition) is 11. The van der Waals surface area contributed by atoms with E-state index in [0.29, 0.717) is 24.0 Å². The van der Waals surface area contributed by atoms with Crippen molar-refractivity contribution in [2.24, 2.45) is 0 Å². The summed E-state index contributed by atoms with van der Waals surface area (Å²) in [6.07, 6.45) is -2.74. The van der Waals surface area contributed by atoms with Crippen molar-refractivity contribution >= 4 is 11.9 Å². The zero-order valence-corrected chi connectivity index (χ0v) is 23.8. The Morgan fingerprint density at radius 1 is 0.810 bits per heavy atom. The zero-order chi connectivity index (χ0) is 31.1. The maximum Gasteiger partial charge on any atom is 0.335 e. The van der Waals surface area contributed by atoms with E-state index in [-0.39, 0.29) is 0 Å². The fourth-order valence-electron chi connectivity index (χ4n) is 3.57. The average molecular weight is 592 g/mol. The first kappa shape index (κ1) is 33.7. The number of rotatable bonds is 16. The highest BCUT2D eigenvalue weighted by atomic mass is 16.5. The molecule has 1 heterocycles. The lowest BCUT2D eigenvalue weighted by Crippen LogP contribution is -2.39. The van der Waals surface area contributed by atoms with Crippen molar-refractivity contribution < 1.29 is 53.7 Å². The van der Waals surface area contributed by atoms with E-state index in [0.717, 1.165) is 48.7 Å². The summed E-state index contributed by atoms with van der Waals surface area (Å²) in [7, 11) is 6.52. The molecule has 3 aromatic rings. The average Bonchev–Trinajstić information content (AvgIpc) is 3.48. The molecule has 42 heavy (non-hydrogen) atoms. The third-order valence-corrected chi connectivity index (χ3v) is 5.84. The van der Waals surface area contributed by atoms with Crippen molar-refractivity contribution in [2.45, 2.75) is 25.0 Å². The molecule has 0 radical (unpaired) electrons. The van der Waals surface area contributed by atoms with E-state index in [1.807, 2.05) is 36.4 Å². The van der Waals surface area contributed by atoms with Gasteiger partial charge in [0.15, 0.2) is 35.2 Å². The molecule has 0 fully saturated rings. The van der Waals surface area contributed by atoms with Gasteiger partial charge in [-0.25, -0.2) is 9.59 Å². The lowest BCUT2D eigenvalue weighted by molar-refractivity contribution is -0.165. The molecule has 6 N–H and O–H groups in total. The number of aromatic amines is 1. The van der Waals surface area contributed by atoms with Crippen LogP contribution in [0.3, 0.4) is 0 Å². The van der Waals surface area contributed by atoms with Crippen LogP contribution in [0.15, 0.2) is 42.5 Å². The molecule has 0 aliphatic heterocycles. The number of carboxylic acid groups (broad SMARTS) is 2. The minimum Gasteiger partial charge on any atom is -0.493 e. The third kappa shape index (κ3) is 10.1. The number of carbonyl (C=O) groups is 2. The van der Waals surface area contributed by atoms with Crippen molar-refractivity contribution in [1.29, 1.82) is 0 Å². The monoisotopic (exact) mass is 591 g/mol. The molecular formula is C28H37N3O11. The maximum absolute atomic E-state index is 9.77. The minimum atomic E-state index is -2.27. The third-order valence-electron chi connectivity index (χ3n) is 5.84. The number of carboxylic acids is 2. The number of aromatic nitrogens is 2. The van der Waals surface area contributed by atoms with Crippen molar-refractivity contribution in [3.63, 3.8) is 0 Å². The van der Waals surface area contributed by atoms with Crippen LogP contribution in [0, 0.1) is 0 Å². The van der Waals surface area contributed by atoms with Crippen LogP contribution in [0.1, 0.15) is 12.0 Å². The molecule has 14 heteroatoms. The van der Waals surface area contributed by atoms with E-state index in [1.165, 1.54) is 5.56 Å². The number of aliphatic hydroxyl groups is 2. The van der Waals surface area contributed by atoms with Crippen molar-refractivity contribution in [1.82, 2.24) is 15.5 Å². The molecule has 230 valence electrons. The second-order valence-electron chi connectivity index (χ2n) is 8.65. The Bertz CT molecular complexity index is 1260. The Labute approximate surface area is 242 Å². The van der Waals surface area contributed by atoms with Crippen LogP contribution >= 0.6 is 0 Å². The minimum absolute atomic E-state index is 0.570. The predicted octanol–water partition coefficient (Wildman–Crippen LogP) is 1.59. The molecule has 0 aliphatic carbocycles. The fraction of sp³-hybridized carbons (Fsp3) is 0.393. The van der Waals surface area contributed by atoms with Crippen LogP contribution < -0.4 is 29.0 Å². The molecule has 2 atom stereocenters. The fourth-order valence-corrected chi connectivity index (χ4v) is 3.57. The number of ether oxygens (including phenoxy) is 5. The second-order valence-corrected chi connectivity index (χ2v) is 8.65. The highest BCUT2D eigenvalue weighted by Gasteiger charge is 2.29. The second kappa shape index (κ2) is 17.3. The summed E-state index contributed by atoms with van der Waals surface area (Å²) < 4.78 is 27.0. The van der Waals surface area contributed by atoms with E-state index >= 15 is 0 Å². The van der Waals surface area contributed by atoms with Gasteiger partial charge in [-0.15, -0.1) is 5.10 Å². The molecule has 0 saturated carbocycles. The summed E-state index contributed by atoms with van der Waals surface area (Å²) in [6, 6.07) is 13.6. The largest absolute Gasteiger partial charge is 0.493 e. The number of aliphatic carboxylic acids is 2. The number of benzene rings is 2.